The summed E-state index contributed by atoms with van der Waals surface area (Å²) < 4.78 is 6.92. The molecule has 0 aliphatic heterocycles. The molecule has 0 saturated carbocycles. The van der Waals surface area contributed by atoms with Gasteiger partial charge in [-0.3, -0.25) is 14.2 Å². The topological polar surface area (TPSA) is 79.4 Å². The summed E-state index contributed by atoms with van der Waals surface area (Å²) in [7, 11) is 1.63. The molecule has 0 unspecified atom stereocenters. The predicted octanol–water partition coefficient (Wildman–Crippen LogP) is 2.17. The summed E-state index contributed by atoms with van der Waals surface area (Å²) in [5.41, 5.74) is 0.937. The number of amides is 1. The van der Waals surface area contributed by atoms with Crippen molar-refractivity contribution in [1.29, 1.82) is 0 Å². The van der Waals surface area contributed by atoms with Crippen LogP contribution in [0.4, 0.5) is 0 Å². The van der Waals surface area contributed by atoms with Crippen molar-refractivity contribution in [2.75, 3.05) is 39.9 Å². The summed E-state index contributed by atoms with van der Waals surface area (Å²) in [6, 6.07) is 5.02. The van der Waals surface area contributed by atoms with E-state index in [1.165, 1.54) is 0 Å². The third kappa shape index (κ3) is 5.47. The first kappa shape index (κ1) is 21.3. The van der Waals surface area contributed by atoms with Crippen molar-refractivity contribution in [3.63, 3.8) is 0 Å². The van der Waals surface area contributed by atoms with Crippen molar-refractivity contribution in [3.8, 4) is 0 Å². The Hall–Kier alpha value is -2.03. The Balaban J connectivity index is 2.23. The van der Waals surface area contributed by atoms with Crippen LogP contribution in [0.3, 0.4) is 0 Å². The van der Waals surface area contributed by atoms with Crippen LogP contribution in [0.1, 0.15) is 30.6 Å². The van der Waals surface area contributed by atoms with E-state index >= 15 is 0 Å². The monoisotopic (exact) mass is 392 g/mol. The molecule has 1 amide bonds. The number of benzene rings is 1. The lowest BCUT2D eigenvalue weighted by Gasteiger charge is -2.18. The van der Waals surface area contributed by atoms with Crippen molar-refractivity contribution < 1.29 is 9.53 Å². The Kier molecular flexibility index (Phi) is 8.15. The normalized spacial score (nSPS) is 11.3. The summed E-state index contributed by atoms with van der Waals surface area (Å²) >= 11 is 5.37. The van der Waals surface area contributed by atoms with Crippen LogP contribution in [0.25, 0.3) is 10.9 Å². The zero-order valence-corrected chi connectivity index (χ0v) is 17.0. The third-order valence-electron chi connectivity index (χ3n) is 4.59. The van der Waals surface area contributed by atoms with Crippen LogP contribution in [0.15, 0.2) is 23.0 Å². The number of nitrogens with zero attached hydrogens (tertiary/aromatic N) is 2. The summed E-state index contributed by atoms with van der Waals surface area (Å²) in [6.07, 6.45) is 0.746. The first-order valence-corrected chi connectivity index (χ1v) is 9.69. The molecule has 0 saturated heterocycles. The molecule has 0 aliphatic rings. The molecule has 148 valence electrons. The quantitative estimate of drug-likeness (QED) is 0.479. The number of carbonyl (C=O) groups is 1. The first-order chi connectivity index (χ1) is 13.0. The van der Waals surface area contributed by atoms with E-state index in [9.17, 15) is 9.59 Å². The summed E-state index contributed by atoms with van der Waals surface area (Å²) in [5, 5.41) is 3.36. The Morgan fingerprint density at radius 3 is 2.74 bits per heavy atom. The molecule has 0 fully saturated rings. The lowest BCUT2D eigenvalue weighted by molar-refractivity contribution is 0.0948. The highest BCUT2D eigenvalue weighted by molar-refractivity contribution is 7.71. The van der Waals surface area contributed by atoms with Gasteiger partial charge in [-0.25, -0.2) is 0 Å². The molecular formula is C19H28N4O3S. The number of ether oxygens (including phenoxy) is 1. The minimum Gasteiger partial charge on any atom is -0.385 e. The Morgan fingerprint density at radius 2 is 2.07 bits per heavy atom. The molecule has 0 radical (unpaired) electrons. The maximum Gasteiger partial charge on any atom is 0.262 e. The molecule has 1 aromatic carbocycles. The van der Waals surface area contributed by atoms with E-state index in [4.69, 9.17) is 17.0 Å². The molecule has 2 rings (SSSR count). The van der Waals surface area contributed by atoms with Crippen LogP contribution < -0.4 is 10.9 Å². The van der Waals surface area contributed by atoms with Gasteiger partial charge in [-0.15, -0.1) is 0 Å². The molecule has 7 nitrogen and oxygen atoms in total. The summed E-state index contributed by atoms with van der Waals surface area (Å²) in [4.78, 5) is 30.4. The van der Waals surface area contributed by atoms with Gasteiger partial charge in [0.2, 0.25) is 0 Å². The maximum atomic E-state index is 12.8. The van der Waals surface area contributed by atoms with Gasteiger partial charge in [-0.2, -0.15) is 0 Å². The van der Waals surface area contributed by atoms with Gasteiger partial charge in [0.15, 0.2) is 4.77 Å². The van der Waals surface area contributed by atoms with E-state index in [-0.39, 0.29) is 11.5 Å². The second-order valence-electron chi connectivity index (χ2n) is 6.28. The van der Waals surface area contributed by atoms with Gasteiger partial charge in [0, 0.05) is 38.9 Å². The van der Waals surface area contributed by atoms with Gasteiger partial charge in [0.1, 0.15) is 0 Å². The van der Waals surface area contributed by atoms with Gasteiger partial charge < -0.3 is 19.9 Å². The predicted molar refractivity (Wildman–Crippen MR) is 110 cm³/mol. The standard InChI is InChI=1S/C19H28N4O3S/c1-4-22(5-2)10-11-23-18(25)15-8-7-14(13-16(15)21-19(23)27)17(24)20-9-6-12-26-3/h7-8,13H,4-6,9-12H2,1-3H3,(H,20,24)(H,21,27). The highest BCUT2D eigenvalue weighted by atomic mass is 32.1. The average Bonchev–Trinajstić information content (AvgIpc) is 2.67. The third-order valence-corrected chi connectivity index (χ3v) is 4.91. The Morgan fingerprint density at radius 1 is 1.33 bits per heavy atom. The van der Waals surface area contributed by atoms with E-state index in [1.54, 1.807) is 29.9 Å². The molecule has 8 heteroatoms. The minimum absolute atomic E-state index is 0.132. The number of fused-ring (bicyclic) bond motifs is 1. The van der Waals surface area contributed by atoms with Crippen molar-refractivity contribution in [3.05, 3.63) is 38.9 Å². The molecule has 1 heterocycles. The summed E-state index contributed by atoms with van der Waals surface area (Å²) in [5.74, 6) is -0.182. The van der Waals surface area contributed by atoms with Gasteiger partial charge >= 0.3 is 0 Å². The zero-order chi connectivity index (χ0) is 19.8. The molecular weight excluding hydrogens is 364 g/mol. The van der Waals surface area contributed by atoms with Crippen LogP contribution in [-0.4, -0.2) is 60.3 Å². The van der Waals surface area contributed by atoms with Crippen molar-refractivity contribution in [2.45, 2.75) is 26.8 Å². The smallest absolute Gasteiger partial charge is 0.262 e. The van der Waals surface area contributed by atoms with Crippen molar-refractivity contribution >= 4 is 29.0 Å². The molecule has 0 spiro atoms. The van der Waals surface area contributed by atoms with Gasteiger partial charge in [-0.05, 0) is 49.9 Å². The second-order valence-corrected chi connectivity index (χ2v) is 6.66. The number of rotatable bonds is 10. The largest absolute Gasteiger partial charge is 0.385 e. The Bertz CT molecular complexity index is 887. The molecule has 27 heavy (non-hydrogen) atoms. The highest BCUT2D eigenvalue weighted by Crippen LogP contribution is 2.11. The fraction of sp³-hybridized carbons (Fsp3) is 0.526. The molecule has 2 N–H and O–H groups in total. The van der Waals surface area contributed by atoms with Gasteiger partial charge in [0.05, 0.1) is 10.9 Å². The fourth-order valence-electron chi connectivity index (χ4n) is 2.90. The highest BCUT2D eigenvalue weighted by Gasteiger charge is 2.11. The van der Waals surface area contributed by atoms with Crippen LogP contribution >= 0.6 is 12.2 Å². The number of carbonyl (C=O) groups excluding carboxylic acids is 1. The second kappa shape index (κ2) is 10.3. The van der Waals surface area contributed by atoms with Crippen molar-refractivity contribution in [2.24, 2.45) is 0 Å². The number of likely N-dealkylation sites (N-methyl/N-ethyl adjacent to an activating group) is 1. The number of nitrogens with one attached hydrogen (secondary N) is 2. The number of aromatic nitrogens is 2. The number of hydrogen-bond acceptors (Lipinski definition) is 5. The van der Waals surface area contributed by atoms with E-state index in [1.807, 2.05) is 0 Å². The maximum absolute atomic E-state index is 12.8. The number of aromatic amines is 1. The Labute approximate surface area is 164 Å². The van der Waals surface area contributed by atoms with Crippen molar-refractivity contribution in [1.82, 2.24) is 19.8 Å². The van der Waals surface area contributed by atoms with E-state index in [2.05, 4.69) is 29.0 Å². The molecule has 2 aromatic rings. The molecule has 1 aromatic heterocycles. The van der Waals surface area contributed by atoms with Crippen LogP contribution in [0.5, 0.6) is 0 Å². The molecule has 0 bridgehead atoms. The average molecular weight is 393 g/mol. The lowest BCUT2D eigenvalue weighted by Crippen LogP contribution is -2.31. The minimum atomic E-state index is -0.182. The van der Waals surface area contributed by atoms with Gasteiger partial charge in [0.25, 0.3) is 11.5 Å². The molecule has 0 aliphatic carbocycles. The zero-order valence-electron chi connectivity index (χ0n) is 16.2. The van der Waals surface area contributed by atoms with Crippen LogP contribution in [0.2, 0.25) is 0 Å². The van der Waals surface area contributed by atoms with E-state index in [0.29, 0.717) is 40.9 Å². The first-order valence-electron chi connectivity index (χ1n) is 9.28. The van der Waals surface area contributed by atoms with Crippen LogP contribution in [-0.2, 0) is 11.3 Å². The summed E-state index contributed by atoms with van der Waals surface area (Å²) in [6.45, 7) is 8.47. The molecule has 0 atom stereocenters. The SMILES string of the molecule is CCN(CC)CCn1c(=S)[nH]c2cc(C(=O)NCCCOC)ccc2c1=O. The van der Waals surface area contributed by atoms with E-state index < -0.39 is 0 Å². The van der Waals surface area contributed by atoms with E-state index in [0.717, 1.165) is 26.1 Å². The van der Waals surface area contributed by atoms with Gasteiger partial charge in [-0.1, -0.05) is 13.8 Å². The number of methoxy groups -OCH3 is 1. The fourth-order valence-corrected chi connectivity index (χ4v) is 3.18. The van der Waals surface area contributed by atoms with Crippen LogP contribution in [0, 0.1) is 4.77 Å². The lowest BCUT2D eigenvalue weighted by atomic mass is 10.1. The number of hydrogen-bond donors (Lipinski definition) is 2. The number of H-pyrrole nitrogens is 1.